The van der Waals surface area contributed by atoms with Gasteiger partial charge in [0.2, 0.25) is 0 Å². The molecule has 0 spiro atoms. The summed E-state index contributed by atoms with van der Waals surface area (Å²) in [5.41, 5.74) is 2.99. The van der Waals surface area contributed by atoms with Gasteiger partial charge in [0, 0.05) is 0 Å². The molecule has 9 aromatic carbocycles. The lowest BCUT2D eigenvalue weighted by atomic mass is 9.76. The summed E-state index contributed by atoms with van der Waals surface area (Å²) in [5, 5.41) is 23.4. The molecule has 170 valence electrons. The van der Waals surface area contributed by atoms with E-state index in [1.165, 1.54) is 97.3 Å². The molecule has 0 atom stereocenters. The van der Waals surface area contributed by atoms with Crippen LogP contribution in [0.25, 0.3) is 86.2 Å². The number of benzene rings is 5. The summed E-state index contributed by atoms with van der Waals surface area (Å²) in [5.74, 6) is 1.03. The molecule has 0 heterocycles. The van der Waals surface area contributed by atoms with Crippen molar-refractivity contribution in [2.75, 3.05) is 0 Å². The molecular weight excluding hydrogens is 432 g/mol. The highest BCUT2D eigenvalue weighted by Gasteiger charge is 2.27. The SMILES string of the molecule is CC(C)c1cc2c3cc4c5cc(C(C)C)c6c7ccccc7c6c5c4cc3c2c2c3ccccc3c12. The van der Waals surface area contributed by atoms with E-state index in [1.807, 2.05) is 0 Å². The smallest absolute Gasteiger partial charge is 0.00110 e. The standard InChI is InChI=1S/C36H26/c1-17(2)23-13-27-25-15-26-28-14-24(18(3)4)32-20-10-6-8-12-22(20)36(32)34(28)30(26)16-29(25)33(27)35-21-11-7-5-9-19(21)31(23)35/h5-18H,1-4H3. The van der Waals surface area contributed by atoms with E-state index in [4.69, 9.17) is 0 Å². The van der Waals surface area contributed by atoms with Gasteiger partial charge in [-0.2, -0.15) is 0 Å². The van der Waals surface area contributed by atoms with E-state index >= 15 is 0 Å². The largest absolute Gasteiger partial charge is 0.0616 e. The molecule has 0 saturated heterocycles. The highest BCUT2D eigenvalue weighted by Crippen LogP contribution is 2.54. The van der Waals surface area contributed by atoms with Crippen LogP contribution < -0.4 is 0 Å². The van der Waals surface area contributed by atoms with E-state index in [0.717, 1.165) is 0 Å². The predicted molar refractivity (Wildman–Crippen MR) is 159 cm³/mol. The molecule has 0 aliphatic rings. The molecule has 0 radical (unpaired) electrons. The van der Waals surface area contributed by atoms with Gasteiger partial charge in [-0.1, -0.05) is 76.2 Å². The summed E-state index contributed by atoms with van der Waals surface area (Å²) in [6, 6.07) is 28.0. The van der Waals surface area contributed by atoms with E-state index in [-0.39, 0.29) is 0 Å². The van der Waals surface area contributed by atoms with Crippen LogP contribution in [0.4, 0.5) is 0 Å². The molecule has 0 amide bonds. The first kappa shape index (κ1) is 19.3. The number of hydrogen-bond acceptors (Lipinski definition) is 0. The Labute approximate surface area is 209 Å². The van der Waals surface area contributed by atoms with Crippen molar-refractivity contribution in [1.82, 2.24) is 0 Å². The zero-order valence-corrected chi connectivity index (χ0v) is 21.1. The zero-order chi connectivity index (χ0) is 24.0. The first-order chi connectivity index (χ1) is 17.5. The van der Waals surface area contributed by atoms with Gasteiger partial charge in [-0.25, -0.2) is 0 Å². The van der Waals surface area contributed by atoms with Crippen LogP contribution in [0.5, 0.6) is 0 Å². The van der Waals surface area contributed by atoms with Crippen molar-refractivity contribution in [3.63, 3.8) is 0 Å². The quantitative estimate of drug-likeness (QED) is 0.242. The van der Waals surface area contributed by atoms with Crippen LogP contribution in [0, 0.1) is 0 Å². The minimum Gasteiger partial charge on any atom is -0.0616 e. The van der Waals surface area contributed by atoms with Gasteiger partial charge in [-0.15, -0.1) is 0 Å². The van der Waals surface area contributed by atoms with Crippen molar-refractivity contribution < 1.29 is 0 Å². The van der Waals surface area contributed by atoms with Crippen LogP contribution in [-0.2, 0) is 0 Å². The third-order valence-corrected chi connectivity index (χ3v) is 9.17. The minimum absolute atomic E-state index is 0.515. The van der Waals surface area contributed by atoms with Gasteiger partial charge < -0.3 is 0 Å². The normalized spacial score (nSPS) is 13.5. The maximum atomic E-state index is 2.52. The molecule has 0 heteroatoms. The van der Waals surface area contributed by atoms with E-state index in [0.29, 0.717) is 11.8 Å². The molecule has 36 heavy (non-hydrogen) atoms. The molecular formula is C36H26. The van der Waals surface area contributed by atoms with Crippen LogP contribution >= 0.6 is 0 Å². The van der Waals surface area contributed by atoms with Crippen LogP contribution in [0.1, 0.15) is 50.7 Å². The molecule has 0 aromatic heterocycles. The second kappa shape index (κ2) is 6.08. The third-order valence-electron chi connectivity index (χ3n) is 9.17. The van der Waals surface area contributed by atoms with Gasteiger partial charge in [0.15, 0.2) is 0 Å². The second-order valence-corrected chi connectivity index (χ2v) is 11.6. The molecule has 0 unspecified atom stereocenters. The maximum absolute atomic E-state index is 2.52. The van der Waals surface area contributed by atoms with E-state index < -0.39 is 0 Å². The van der Waals surface area contributed by atoms with E-state index in [1.54, 1.807) is 0 Å². The second-order valence-electron chi connectivity index (χ2n) is 11.6. The van der Waals surface area contributed by atoms with Crippen LogP contribution in [0.2, 0.25) is 0 Å². The van der Waals surface area contributed by atoms with Crippen molar-refractivity contribution in [3.05, 3.63) is 83.9 Å². The molecule has 0 saturated carbocycles. The Kier molecular flexibility index (Phi) is 3.26. The molecule has 9 rings (SSSR count). The molecule has 0 aliphatic heterocycles. The van der Waals surface area contributed by atoms with Gasteiger partial charge in [0.25, 0.3) is 0 Å². The monoisotopic (exact) mass is 458 g/mol. The fourth-order valence-electron chi connectivity index (χ4n) is 7.47. The number of fused-ring (bicyclic) bond motifs is 18. The number of hydrogen-bond donors (Lipinski definition) is 0. The van der Waals surface area contributed by atoms with E-state index in [9.17, 15) is 0 Å². The molecule has 0 fully saturated rings. The summed E-state index contributed by atoms with van der Waals surface area (Å²) in [6.07, 6.45) is 0. The summed E-state index contributed by atoms with van der Waals surface area (Å²) in [4.78, 5) is 0. The summed E-state index contributed by atoms with van der Waals surface area (Å²) in [6.45, 7) is 9.33. The van der Waals surface area contributed by atoms with E-state index in [2.05, 4.69) is 100 Å². The average Bonchev–Trinajstić information content (AvgIpc) is 2.85. The Morgan fingerprint density at radius 1 is 0.333 bits per heavy atom. The van der Waals surface area contributed by atoms with Crippen molar-refractivity contribution in [1.29, 1.82) is 0 Å². The molecule has 9 aromatic rings. The fourth-order valence-corrected chi connectivity index (χ4v) is 7.47. The molecule has 0 aliphatic carbocycles. The van der Waals surface area contributed by atoms with Crippen molar-refractivity contribution in [2.24, 2.45) is 0 Å². The molecule has 0 bridgehead atoms. The van der Waals surface area contributed by atoms with Crippen LogP contribution in [-0.4, -0.2) is 0 Å². The average molecular weight is 459 g/mol. The van der Waals surface area contributed by atoms with Gasteiger partial charge in [0.1, 0.15) is 0 Å². The Balaban J connectivity index is 1.44. The lowest BCUT2D eigenvalue weighted by Crippen LogP contribution is -2.01. The third kappa shape index (κ3) is 1.96. The maximum Gasteiger partial charge on any atom is -0.00110 e. The van der Waals surface area contributed by atoms with Crippen LogP contribution in [0.3, 0.4) is 0 Å². The first-order valence-electron chi connectivity index (χ1n) is 13.4. The van der Waals surface area contributed by atoms with Crippen molar-refractivity contribution >= 4 is 86.2 Å². The lowest BCUT2D eigenvalue weighted by molar-refractivity contribution is 0.878. The number of rotatable bonds is 2. The van der Waals surface area contributed by atoms with Crippen molar-refractivity contribution in [2.45, 2.75) is 39.5 Å². The Hall–Kier alpha value is -3.90. The van der Waals surface area contributed by atoms with Crippen LogP contribution in [0.15, 0.2) is 72.8 Å². The highest BCUT2D eigenvalue weighted by molar-refractivity contribution is 6.48. The summed E-state index contributed by atoms with van der Waals surface area (Å²) >= 11 is 0. The van der Waals surface area contributed by atoms with Gasteiger partial charge in [0.05, 0.1) is 0 Å². The lowest BCUT2D eigenvalue weighted by Gasteiger charge is -2.27. The summed E-state index contributed by atoms with van der Waals surface area (Å²) < 4.78 is 0. The summed E-state index contributed by atoms with van der Waals surface area (Å²) in [7, 11) is 0. The predicted octanol–water partition coefficient (Wildman–Crippen LogP) is 10.9. The Morgan fingerprint density at radius 2 is 0.667 bits per heavy atom. The Bertz CT molecular complexity index is 2130. The van der Waals surface area contributed by atoms with Gasteiger partial charge in [-0.05, 0) is 133 Å². The topological polar surface area (TPSA) is 0 Å². The highest BCUT2D eigenvalue weighted by atomic mass is 14.3. The van der Waals surface area contributed by atoms with Gasteiger partial charge >= 0.3 is 0 Å². The molecule has 0 nitrogen and oxygen atoms in total. The minimum atomic E-state index is 0.515. The first-order valence-corrected chi connectivity index (χ1v) is 13.4. The van der Waals surface area contributed by atoms with Gasteiger partial charge in [-0.3, -0.25) is 0 Å². The van der Waals surface area contributed by atoms with Crippen molar-refractivity contribution in [3.8, 4) is 0 Å². The fraction of sp³-hybridized carbons (Fsp3) is 0.167. The molecule has 0 N–H and O–H groups in total. The Morgan fingerprint density at radius 3 is 1.06 bits per heavy atom. The zero-order valence-electron chi connectivity index (χ0n) is 21.1.